The summed E-state index contributed by atoms with van der Waals surface area (Å²) in [6.07, 6.45) is 1.08. The molecule has 2 aromatic carbocycles. The van der Waals surface area contributed by atoms with Gasteiger partial charge in [-0.25, -0.2) is 17.8 Å². The van der Waals surface area contributed by atoms with Gasteiger partial charge in [-0.3, -0.25) is 4.79 Å². The topological polar surface area (TPSA) is 91.9 Å². The lowest BCUT2D eigenvalue weighted by molar-refractivity contribution is 0.0949. The molecular formula is C16H14FN3O3S. The Hall–Kier alpha value is -2.74. The summed E-state index contributed by atoms with van der Waals surface area (Å²) in [7, 11) is -3.38. The number of carbonyl (C=O) groups is 1. The van der Waals surface area contributed by atoms with Crippen LogP contribution in [0.3, 0.4) is 0 Å². The van der Waals surface area contributed by atoms with E-state index >= 15 is 0 Å². The van der Waals surface area contributed by atoms with E-state index in [1.807, 2.05) is 0 Å². The fraction of sp³-hybridized carbons (Fsp3) is 0.125. The minimum atomic E-state index is -3.38. The van der Waals surface area contributed by atoms with Crippen molar-refractivity contribution < 1.29 is 17.6 Å². The van der Waals surface area contributed by atoms with Crippen LogP contribution in [-0.2, 0) is 16.4 Å². The fourth-order valence-corrected chi connectivity index (χ4v) is 2.92. The highest BCUT2D eigenvalue weighted by Gasteiger charge is 2.12. The van der Waals surface area contributed by atoms with Gasteiger partial charge >= 0.3 is 0 Å². The minimum Gasteiger partial charge on any atom is -0.345 e. The molecule has 0 saturated carbocycles. The number of benzene rings is 2. The Labute approximate surface area is 137 Å². The van der Waals surface area contributed by atoms with Crippen molar-refractivity contribution >= 4 is 26.8 Å². The van der Waals surface area contributed by atoms with Crippen molar-refractivity contribution in [2.45, 2.75) is 11.4 Å². The lowest BCUT2D eigenvalue weighted by Gasteiger charge is -2.05. The zero-order valence-electron chi connectivity index (χ0n) is 12.7. The number of nitrogens with zero attached hydrogens (tertiary/aromatic N) is 1. The highest BCUT2D eigenvalue weighted by Crippen LogP contribution is 2.14. The number of halogens is 1. The van der Waals surface area contributed by atoms with Crippen LogP contribution < -0.4 is 5.32 Å². The second-order valence-electron chi connectivity index (χ2n) is 5.33. The van der Waals surface area contributed by atoms with Gasteiger partial charge in [0.15, 0.2) is 9.84 Å². The van der Waals surface area contributed by atoms with E-state index in [1.54, 1.807) is 6.07 Å². The Balaban J connectivity index is 1.75. The Bertz CT molecular complexity index is 1030. The molecule has 0 fully saturated rings. The van der Waals surface area contributed by atoms with Gasteiger partial charge in [0.2, 0.25) is 0 Å². The third-order valence-corrected chi connectivity index (χ3v) is 4.54. The molecule has 1 amide bonds. The van der Waals surface area contributed by atoms with Crippen LogP contribution in [0.4, 0.5) is 4.39 Å². The molecule has 3 aromatic rings. The fourth-order valence-electron chi connectivity index (χ4n) is 2.25. The quantitative estimate of drug-likeness (QED) is 0.755. The number of fused-ring (bicyclic) bond motifs is 1. The van der Waals surface area contributed by atoms with Crippen molar-refractivity contribution in [3.8, 4) is 0 Å². The van der Waals surface area contributed by atoms with Gasteiger partial charge in [-0.05, 0) is 36.4 Å². The summed E-state index contributed by atoms with van der Waals surface area (Å²) in [4.78, 5) is 19.4. The molecule has 0 aliphatic carbocycles. The van der Waals surface area contributed by atoms with Gasteiger partial charge in [-0.2, -0.15) is 0 Å². The molecule has 0 aliphatic rings. The van der Waals surface area contributed by atoms with Crippen molar-refractivity contribution in [1.29, 1.82) is 0 Å². The van der Waals surface area contributed by atoms with Crippen LogP contribution in [0.1, 0.15) is 16.2 Å². The standard InChI is InChI=1S/C16H14FN3O3S/c1-24(22,23)12-4-2-3-10(7-12)16(21)18-9-15-19-13-6-5-11(17)8-14(13)20-15/h2-8H,9H2,1H3,(H,18,21)(H,19,20). The zero-order chi connectivity index (χ0) is 17.3. The summed E-state index contributed by atoms with van der Waals surface area (Å²) in [6.45, 7) is 0.109. The van der Waals surface area contributed by atoms with Crippen LogP contribution in [0.2, 0.25) is 0 Å². The molecule has 0 radical (unpaired) electrons. The van der Waals surface area contributed by atoms with Gasteiger partial charge in [-0.15, -0.1) is 0 Å². The van der Waals surface area contributed by atoms with E-state index in [0.29, 0.717) is 16.9 Å². The number of imidazole rings is 1. The molecule has 8 heteroatoms. The average molecular weight is 347 g/mol. The first kappa shape index (κ1) is 16.1. The summed E-state index contributed by atoms with van der Waals surface area (Å²) in [5.74, 6) is -0.324. The normalized spacial score (nSPS) is 11.6. The predicted molar refractivity (Wildman–Crippen MR) is 86.8 cm³/mol. The molecule has 0 atom stereocenters. The van der Waals surface area contributed by atoms with Crippen molar-refractivity contribution in [3.05, 3.63) is 59.7 Å². The van der Waals surface area contributed by atoms with Gasteiger partial charge < -0.3 is 10.3 Å². The Kier molecular flexibility index (Phi) is 4.06. The first-order chi connectivity index (χ1) is 11.3. The van der Waals surface area contributed by atoms with E-state index in [-0.39, 0.29) is 22.8 Å². The Morgan fingerprint density at radius 1 is 1.25 bits per heavy atom. The van der Waals surface area contributed by atoms with Crippen molar-refractivity contribution in [2.24, 2.45) is 0 Å². The molecule has 0 saturated heterocycles. The average Bonchev–Trinajstić information content (AvgIpc) is 2.94. The first-order valence-corrected chi connectivity index (χ1v) is 8.94. The third-order valence-electron chi connectivity index (χ3n) is 3.43. The summed E-state index contributed by atoms with van der Waals surface area (Å²) in [5.41, 5.74) is 1.37. The molecule has 0 spiro atoms. The van der Waals surface area contributed by atoms with Crippen LogP contribution in [0.25, 0.3) is 11.0 Å². The number of aromatic nitrogens is 2. The molecule has 3 rings (SSSR count). The maximum Gasteiger partial charge on any atom is 0.251 e. The number of rotatable bonds is 4. The van der Waals surface area contributed by atoms with Gasteiger partial charge in [0.1, 0.15) is 11.6 Å². The molecule has 1 aromatic heterocycles. The number of carbonyl (C=O) groups excluding carboxylic acids is 1. The van der Waals surface area contributed by atoms with Gasteiger partial charge in [0.25, 0.3) is 5.91 Å². The van der Waals surface area contributed by atoms with E-state index in [0.717, 1.165) is 6.26 Å². The second-order valence-corrected chi connectivity index (χ2v) is 7.34. The van der Waals surface area contributed by atoms with Crippen LogP contribution >= 0.6 is 0 Å². The number of hydrogen-bond acceptors (Lipinski definition) is 4. The van der Waals surface area contributed by atoms with Crippen LogP contribution in [-0.4, -0.2) is 30.5 Å². The van der Waals surface area contributed by atoms with Crippen LogP contribution in [0.15, 0.2) is 47.4 Å². The predicted octanol–water partition coefficient (Wildman–Crippen LogP) is 2.04. The first-order valence-electron chi connectivity index (χ1n) is 7.05. The maximum atomic E-state index is 13.1. The summed E-state index contributed by atoms with van der Waals surface area (Å²) < 4.78 is 36.2. The zero-order valence-corrected chi connectivity index (χ0v) is 13.5. The van der Waals surface area contributed by atoms with Crippen molar-refractivity contribution in [2.75, 3.05) is 6.26 Å². The van der Waals surface area contributed by atoms with Gasteiger partial charge in [-0.1, -0.05) is 6.07 Å². The number of amides is 1. The number of hydrogen-bond donors (Lipinski definition) is 2. The van der Waals surface area contributed by atoms with E-state index in [2.05, 4.69) is 15.3 Å². The molecule has 2 N–H and O–H groups in total. The molecule has 6 nitrogen and oxygen atoms in total. The lowest BCUT2D eigenvalue weighted by Crippen LogP contribution is -2.23. The van der Waals surface area contributed by atoms with E-state index in [9.17, 15) is 17.6 Å². The van der Waals surface area contributed by atoms with Gasteiger partial charge in [0, 0.05) is 11.8 Å². The molecule has 1 heterocycles. The SMILES string of the molecule is CS(=O)(=O)c1cccc(C(=O)NCc2nc3ccc(F)cc3[nH]2)c1. The number of nitrogens with one attached hydrogen (secondary N) is 2. The monoisotopic (exact) mass is 347 g/mol. The number of sulfone groups is 1. The number of H-pyrrole nitrogens is 1. The second kappa shape index (κ2) is 6.04. The highest BCUT2D eigenvalue weighted by molar-refractivity contribution is 7.90. The third kappa shape index (κ3) is 3.43. The summed E-state index contributed by atoms with van der Waals surface area (Å²) >= 11 is 0. The molecular weight excluding hydrogens is 333 g/mol. The van der Waals surface area contributed by atoms with Crippen LogP contribution in [0, 0.1) is 5.82 Å². The van der Waals surface area contributed by atoms with Gasteiger partial charge in [0.05, 0.1) is 22.5 Å². The Morgan fingerprint density at radius 2 is 2.04 bits per heavy atom. The van der Waals surface area contributed by atoms with Crippen molar-refractivity contribution in [3.63, 3.8) is 0 Å². The number of aromatic amines is 1. The van der Waals surface area contributed by atoms with E-state index in [4.69, 9.17) is 0 Å². The van der Waals surface area contributed by atoms with Crippen LogP contribution in [0.5, 0.6) is 0 Å². The van der Waals surface area contributed by atoms with E-state index in [1.165, 1.54) is 36.4 Å². The van der Waals surface area contributed by atoms with Crippen molar-refractivity contribution in [1.82, 2.24) is 15.3 Å². The molecule has 0 unspecified atom stereocenters. The minimum absolute atomic E-state index is 0.0781. The molecule has 24 heavy (non-hydrogen) atoms. The molecule has 0 bridgehead atoms. The highest BCUT2D eigenvalue weighted by atomic mass is 32.2. The smallest absolute Gasteiger partial charge is 0.251 e. The Morgan fingerprint density at radius 3 is 2.79 bits per heavy atom. The molecule has 0 aliphatic heterocycles. The summed E-state index contributed by atoms with van der Waals surface area (Å²) in [6, 6.07) is 9.96. The molecule has 124 valence electrons. The lowest BCUT2D eigenvalue weighted by atomic mass is 10.2. The maximum absolute atomic E-state index is 13.1. The van der Waals surface area contributed by atoms with E-state index < -0.39 is 15.7 Å². The summed E-state index contributed by atoms with van der Waals surface area (Å²) in [5, 5.41) is 2.65. The largest absolute Gasteiger partial charge is 0.345 e.